The third-order valence-electron chi connectivity index (χ3n) is 3.77. The average molecular weight is 237 g/mol. The van der Waals surface area contributed by atoms with E-state index in [2.05, 4.69) is 60.4 Å². The fourth-order valence-corrected chi connectivity index (χ4v) is 2.74. The monoisotopic (exact) mass is 237 g/mol. The van der Waals surface area contributed by atoms with Gasteiger partial charge >= 0.3 is 0 Å². The zero-order valence-electron chi connectivity index (χ0n) is 10.9. The van der Waals surface area contributed by atoms with Crippen LogP contribution in [-0.2, 0) is 0 Å². The Morgan fingerprint density at radius 1 is 0.889 bits per heavy atom. The van der Waals surface area contributed by atoms with Gasteiger partial charge in [-0.05, 0) is 48.6 Å². The van der Waals surface area contributed by atoms with Gasteiger partial charge in [0.25, 0.3) is 0 Å². The molecule has 1 heterocycles. The molecular weight excluding hydrogens is 218 g/mol. The molecule has 2 aromatic rings. The smallest absolute Gasteiger partial charge is 0.0372 e. The zero-order valence-corrected chi connectivity index (χ0v) is 10.9. The Morgan fingerprint density at radius 3 is 2.44 bits per heavy atom. The lowest BCUT2D eigenvalue weighted by Gasteiger charge is -2.18. The molecule has 1 fully saturated rings. The minimum atomic E-state index is 1.21. The molecule has 18 heavy (non-hydrogen) atoms. The van der Waals surface area contributed by atoms with Crippen LogP contribution < -0.4 is 4.90 Å². The van der Waals surface area contributed by atoms with Gasteiger partial charge in [-0.15, -0.1) is 0 Å². The number of benzene rings is 2. The van der Waals surface area contributed by atoms with E-state index in [0.29, 0.717) is 0 Å². The van der Waals surface area contributed by atoms with E-state index in [1.54, 1.807) is 0 Å². The minimum absolute atomic E-state index is 1.21. The lowest BCUT2D eigenvalue weighted by molar-refractivity contribution is 0.949. The van der Waals surface area contributed by atoms with E-state index in [1.165, 1.54) is 48.3 Å². The summed E-state index contributed by atoms with van der Waals surface area (Å²) in [6, 6.07) is 17.5. The molecule has 0 radical (unpaired) electrons. The molecule has 1 aliphatic heterocycles. The van der Waals surface area contributed by atoms with E-state index in [9.17, 15) is 0 Å². The molecule has 92 valence electrons. The largest absolute Gasteiger partial charge is 0.372 e. The molecule has 0 N–H and O–H groups in total. The Balaban J connectivity index is 1.98. The third-order valence-corrected chi connectivity index (χ3v) is 3.77. The van der Waals surface area contributed by atoms with Crippen molar-refractivity contribution in [2.75, 3.05) is 18.0 Å². The molecule has 2 aromatic carbocycles. The quantitative estimate of drug-likeness (QED) is 0.754. The van der Waals surface area contributed by atoms with Gasteiger partial charge in [-0.3, -0.25) is 0 Å². The van der Waals surface area contributed by atoms with Crippen LogP contribution in [0.1, 0.15) is 18.4 Å². The number of anilines is 1. The second kappa shape index (κ2) is 4.85. The first-order valence-electron chi connectivity index (χ1n) is 6.75. The maximum atomic E-state index is 2.49. The predicted octanol–water partition coefficient (Wildman–Crippen LogP) is 4.26. The first kappa shape index (κ1) is 11.3. The summed E-state index contributed by atoms with van der Waals surface area (Å²) in [5.41, 5.74) is 5.39. The van der Waals surface area contributed by atoms with Crippen LogP contribution in [0, 0.1) is 6.92 Å². The Morgan fingerprint density at radius 2 is 1.67 bits per heavy atom. The molecule has 0 aromatic heterocycles. The molecule has 1 nitrogen and oxygen atoms in total. The van der Waals surface area contributed by atoms with Crippen molar-refractivity contribution in [2.45, 2.75) is 19.8 Å². The first-order valence-corrected chi connectivity index (χ1v) is 6.75. The lowest BCUT2D eigenvalue weighted by atomic mass is 10.0. The maximum Gasteiger partial charge on any atom is 0.0372 e. The summed E-state index contributed by atoms with van der Waals surface area (Å²) in [5, 5.41) is 0. The maximum absolute atomic E-state index is 2.49. The van der Waals surface area contributed by atoms with E-state index in [-0.39, 0.29) is 0 Å². The number of aryl methyl sites for hydroxylation is 1. The Labute approximate surface area is 109 Å². The van der Waals surface area contributed by atoms with Crippen LogP contribution in [0.4, 0.5) is 5.69 Å². The van der Waals surface area contributed by atoms with Gasteiger partial charge in [-0.25, -0.2) is 0 Å². The topological polar surface area (TPSA) is 3.24 Å². The van der Waals surface area contributed by atoms with Crippen LogP contribution in [0.3, 0.4) is 0 Å². The number of nitrogens with zero attached hydrogens (tertiary/aromatic N) is 1. The van der Waals surface area contributed by atoms with E-state index in [1.807, 2.05) is 0 Å². The molecule has 1 heteroatoms. The highest BCUT2D eigenvalue weighted by atomic mass is 15.1. The molecule has 0 amide bonds. The van der Waals surface area contributed by atoms with Gasteiger partial charge in [0, 0.05) is 18.8 Å². The highest BCUT2D eigenvalue weighted by molar-refractivity contribution is 5.71. The third kappa shape index (κ3) is 2.13. The Kier molecular flexibility index (Phi) is 3.06. The molecule has 3 rings (SSSR count). The van der Waals surface area contributed by atoms with Gasteiger partial charge in [0.15, 0.2) is 0 Å². The van der Waals surface area contributed by atoms with E-state index in [0.717, 1.165) is 0 Å². The summed E-state index contributed by atoms with van der Waals surface area (Å²) < 4.78 is 0. The van der Waals surface area contributed by atoms with Crippen LogP contribution >= 0.6 is 0 Å². The van der Waals surface area contributed by atoms with Crippen molar-refractivity contribution in [3.63, 3.8) is 0 Å². The van der Waals surface area contributed by atoms with Crippen molar-refractivity contribution in [3.05, 3.63) is 54.1 Å². The normalized spacial score (nSPS) is 15.1. The zero-order chi connectivity index (χ0) is 12.4. The van der Waals surface area contributed by atoms with Gasteiger partial charge in [-0.1, -0.05) is 36.4 Å². The van der Waals surface area contributed by atoms with Crippen LogP contribution in [0.25, 0.3) is 11.1 Å². The Hall–Kier alpha value is -1.76. The molecule has 1 saturated heterocycles. The van der Waals surface area contributed by atoms with Crippen LogP contribution in [0.2, 0.25) is 0 Å². The number of hydrogen-bond acceptors (Lipinski definition) is 1. The van der Waals surface area contributed by atoms with E-state index >= 15 is 0 Å². The summed E-state index contributed by atoms with van der Waals surface area (Å²) >= 11 is 0. The molecule has 0 spiro atoms. The highest BCUT2D eigenvalue weighted by Crippen LogP contribution is 2.28. The summed E-state index contributed by atoms with van der Waals surface area (Å²) in [4.78, 5) is 2.49. The van der Waals surface area contributed by atoms with Crippen molar-refractivity contribution in [1.29, 1.82) is 0 Å². The van der Waals surface area contributed by atoms with Crippen LogP contribution in [0.15, 0.2) is 48.5 Å². The average Bonchev–Trinajstić information content (AvgIpc) is 2.93. The second-order valence-corrected chi connectivity index (χ2v) is 5.06. The standard InChI is InChI=1S/C17H19N/c1-14-7-2-3-10-17(14)15-8-6-9-16(13-15)18-11-4-5-12-18/h2-3,6-10,13H,4-5,11-12H2,1H3. The summed E-state index contributed by atoms with van der Waals surface area (Å²) in [5.74, 6) is 0. The lowest BCUT2D eigenvalue weighted by Crippen LogP contribution is -2.17. The van der Waals surface area contributed by atoms with E-state index in [4.69, 9.17) is 0 Å². The molecule has 0 bridgehead atoms. The summed E-state index contributed by atoms with van der Waals surface area (Å²) in [6.07, 6.45) is 2.66. The summed E-state index contributed by atoms with van der Waals surface area (Å²) in [6.45, 7) is 4.59. The molecule has 0 saturated carbocycles. The van der Waals surface area contributed by atoms with Crippen molar-refractivity contribution < 1.29 is 0 Å². The fraction of sp³-hybridized carbons (Fsp3) is 0.294. The molecule has 0 atom stereocenters. The minimum Gasteiger partial charge on any atom is -0.372 e. The van der Waals surface area contributed by atoms with Gasteiger partial charge in [0.1, 0.15) is 0 Å². The highest BCUT2D eigenvalue weighted by Gasteiger charge is 2.12. The van der Waals surface area contributed by atoms with Gasteiger partial charge in [0.05, 0.1) is 0 Å². The fourth-order valence-electron chi connectivity index (χ4n) is 2.74. The van der Waals surface area contributed by atoms with Crippen molar-refractivity contribution in [2.24, 2.45) is 0 Å². The Bertz CT molecular complexity index is 539. The molecule has 1 aliphatic rings. The first-order chi connectivity index (χ1) is 8.84. The summed E-state index contributed by atoms with van der Waals surface area (Å²) in [7, 11) is 0. The van der Waals surface area contributed by atoms with Gasteiger partial charge in [0.2, 0.25) is 0 Å². The van der Waals surface area contributed by atoms with Crippen LogP contribution in [-0.4, -0.2) is 13.1 Å². The molecule has 0 unspecified atom stereocenters. The number of hydrogen-bond donors (Lipinski definition) is 0. The van der Waals surface area contributed by atoms with Gasteiger partial charge < -0.3 is 4.90 Å². The van der Waals surface area contributed by atoms with Crippen LogP contribution in [0.5, 0.6) is 0 Å². The molecule has 0 aliphatic carbocycles. The molecular formula is C17H19N. The second-order valence-electron chi connectivity index (χ2n) is 5.06. The number of rotatable bonds is 2. The van der Waals surface area contributed by atoms with Crippen molar-refractivity contribution >= 4 is 5.69 Å². The van der Waals surface area contributed by atoms with Gasteiger partial charge in [-0.2, -0.15) is 0 Å². The predicted molar refractivity (Wildman–Crippen MR) is 78.1 cm³/mol. The van der Waals surface area contributed by atoms with Crippen molar-refractivity contribution in [1.82, 2.24) is 0 Å². The van der Waals surface area contributed by atoms with E-state index < -0.39 is 0 Å². The van der Waals surface area contributed by atoms with Crippen molar-refractivity contribution in [3.8, 4) is 11.1 Å². The SMILES string of the molecule is Cc1ccccc1-c1cccc(N2CCCC2)c1.